The number of ether oxygens (including phenoxy) is 2. The van der Waals surface area contributed by atoms with Crippen LogP contribution in [0.3, 0.4) is 0 Å². The average molecular weight is 439 g/mol. The first-order valence-electron chi connectivity index (χ1n) is 10.7. The molecule has 5 nitrogen and oxygen atoms in total. The molecule has 0 bridgehead atoms. The molecular formula is C25H30N2O3S. The fourth-order valence-corrected chi connectivity index (χ4v) is 4.24. The summed E-state index contributed by atoms with van der Waals surface area (Å²) in [5.74, 6) is 1.38. The Labute approximate surface area is 189 Å². The minimum absolute atomic E-state index is 0.0129. The first kappa shape index (κ1) is 22.9. The Bertz CT molecular complexity index is 981. The van der Waals surface area contributed by atoms with E-state index >= 15 is 0 Å². The van der Waals surface area contributed by atoms with E-state index in [2.05, 4.69) is 6.92 Å². The van der Waals surface area contributed by atoms with Crippen LogP contribution in [0.1, 0.15) is 45.2 Å². The molecule has 164 valence electrons. The molecule has 0 atom stereocenters. The van der Waals surface area contributed by atoms with Crippen molar-refractivity contribution in [1.29, 1.82) is 0 Å². The molecule has 0 unspecified atom stereocenters. The van der Waals surface area contributed by atoms with Gasteiger partial charge in [0.05, 0.1) is 23.8 Å². The van der Waals surface area contributed by atoms with Crippen LogP contribution in [0.4, 0.5) is 5.69 Å². The van der Waals surface area contributed by atoms with Crippen molar-refractivity contribution in [2.45, 2.75) is 47.1 Å². The topological polar surface area (TPSA) is 51.1 Å². The van der Waals surface area contributed by atoms with E-state index in [1.807, 2.05) is 76.2 Å². The number of rotatable bonds is 8. The fraction of sp³-hybridized carbons (Fsp3) is 0.360. The van der Waals surface area contributed by atoms with Gasteiger partial charge in [-0.15, -0.1) is 0 Å². The summed E-state index contributed by atoms with van der Waals surface area (Å²) in [6, 6.07) is 13.8. The van der Waals surface area contributed by atoms with E-state index in [0.29, 0.717) is 29.0 Å². The molecule has 0 saturated carbocycles. The van der Waals surface area contributed by atoms with Crippen LogP contribution in [0, 0.1) is 6.92 Å². The number of carbonyl (C=O) groups is 1. The van der Waals surface area contributed by atoms with Crippen molar-refractivity contribution in [2.75, 3.05) is 13.2 Å². The normalized spacial score (nSPS) is 16.6. The van der Waals surface area contributed by atoms with Gasteiger partial charge in [0, 0.05) is 6.04 Å². The monoisotopic (exact) mass is 438 g/mol. The Morgan fingerprint density at radius 3 is 2.45 bits per heavy atom. The molecule has 1 heterocycles. The van der Waals surface area contributed by atoms with Crippen LogP contribution in [0.15, 0.2) is 52.4 Å². The summed E-state index contributed by atoms with van der Waals surface area (Å²) in [6.45, 7) is 11.2. The third-order valence-electron chi connectivity index (χ3n) is 4.64. The summed E-state index contributed by atoms with van der Waals surface area (Å²) in [6.07, 6.45) is 2.82. The zero-order chi connectivity index (χ0) is 22.4. The molecule has 0 aliphatic carbocycles. The van der Waals surface area contributed by atoms with E-state index in [4.69, 9.17) is 14.5 Å². The van der Waals surface area contributed by atoms with Gasteiger partial charge in [-0.25, -0.2) is 4.99 Å². The first-order valence-corrected chi connectivity index (χ1v) is 11.5. The first-order chi connectivity index (χ1) is 14.9. The van der Waals surface area contributed by atoms with E-state index in [9.17, 15) is 4.79 Å². The SMILES string of the molecule is CCCOc1ccc(/C=C2/SC(=Nc3ccc(C)cc3)N(C(C)C)C2=O)cc1OCC. The highest BCUT2D eigenvalue weighted by Crippen LogP contribution is 2.37. The number of thioether (sulfide) groups is 1. The van der Waals surface area contributed by atoms with E-state index in [-0.39, 0.29) is 11.9 Å². The summed E-state index contributed by atoms with van der Waals surface area (Å²) in [5, 5.41) is 0.697. The van der Waals surface area contributed by atoms with Gasteiger partial charge in [0.1, 0.15) is 0 Å². The number of benzene rings is 2. The summed E-state index contributed by atoms with van der Waals surface area (Å²) in [5.41, 5.74) is 2.91. The molecule has 0 spiro atoms. The van der Waals surface area contributed by atoms with Gasteiger partial charge in [-0.3, -0.25) is 9.69 Å². The molecule has 0 aromatic heterocycles. The molecule has 0 N–H and O–H groups in total. The van der Waals surface area contributed by atoms with Crippen molar-refractivity contribution in [2.24, 2.45) is 4.99 Å². The molecule has 6 heteroatoms. The quantitative estimate of drug-likeness (QED) is 0.461. The fourth-order valence-electron chi connectivity index (χ4n) is 3.12. The van der Waals surface area contributed by atoms with Gasteiger partial charge in [0.2, 0.25) is 0 Å². The molecule has 0 radical (unpaired) electrons. The lowest BCUT2D eigenvalue weighted by Gasteiger charge is -2.19. The second-order valence-corrected chi connectivity index (χ2v) is 8.61. The number of aryl methyl sites for hydroxylation is 1. The lowest BCUT2D eigenvalue weighted by atomic mass is 10.1. The average Bonchev–Trinajstić information content (AvgIpc) is 3.04. The van der Waals surface area contributed by atoms with Crippen molar-refractivity contribution in [1.82, 2.24) is 4.90 Å². The summed E-state index contributed by atoms with van der Waals surface area (Å²) >= 11 is 1.40. The van der Waals surface area contributed by atoms with Crippen LogP contribution in [0.5, 0.6) is 11.5 Å². The van der Waals surface area contributed by atoms with Crippen LogP contribution in [0.2, 0.25) is 0 Å². The lowest BCUT2D eigenvalue weighted by Crippen LogP contribution is -2.35. The second kappa shape index (κ2) is 10.5. The van der Waals surface area contributed by atoms with Gasteiger partial charge >= 0.3 is 0 Å². The zero-order valence-corrected chi connectivity index (χ0v) is 19.7. The molecule has 1 aliphatic heterocycles. The summed E-state index contributed by atoms with van der Waals surface area (Å²) < 4.78 is 11.5. The molecule has 1 aliphatic rings. The van der Waals surface area contributed by atoms with Gasteiger partial charge in [-0.1, -0.05) is 30.7 Å². The number of amides is 1. The molecular weight excluding hydrogens is 408 g/mol. The minimum atomic E-state index is -0.0323. The van der Waals surface area contributed by atoms with Crippen LogP contribution in [-0.4, -0.2) is 35.2 Å². The largest absolute Gasteiger partial charge is 0.490 e. The Morgan fingerprint density at radius 1 is 1.06 bits per heavy atom. The third-order valence-corrected chi connectivity index (χ3v) is 5.62. The number of nitrogens with zero attached hydrogens (tertiary/aromatic N) is 2. The van der Waals surface area contributed by atoms with Crippen LogP contribution >= 0.6 is 11.8 Å². The number of amidine groups is 1. The summed E-state index contributed by atoms with van der Waals surface area (Å²) in [7, 11) is 0. The van der Waals surface area contributed by atoms with Gasteiger partial charge in [-0.05, 0) is 81.8 Å². The van der Waals surface area contributed by atoms with Gasteiger partial charge in [0.25, 0.3) is 5.91 Å². The lowest BCUT2D eigenvalue weighted by molar-refractivity contribution is -0.123. The van der Waals surface area contributed by atoms with E-state index < -0.39 is 0 Å². The molecule has 3 rings (SSSR count). The number of hydrogen-bond donors (Lipinski definition) is 0. The number of carbonyl (C=O) groups excluding carboxylic acids is 1. The molecule has 2 aromatic rings. The Morgan fingerprint density at radius 2 is 1.81 bits per heavy atom. The van der Waals surface area contributed by atoms with Crippen molar-refractivity contribution in [3.63, 3.8) is 0 Å². The van der Waals surface area contributed by atoms with E-state index in [0.717, 1.165) is 23.4 Å². The minimum Gasteiger partial charge on any atom is -0.490 e. The van der Waals surface area contributed by atoms with Crippen molar-refractivity contribution >= 4 is 34.6 Å². The van der Waals surface area contributed by atoms with Gasteiger partial charge in [-0.2, -0.15) is 0 Å². The summed E-state index contributed by atoms with van der Waals surface area (Å²) in [4.78, 5) is 20.3. The predicted octanol–water partition coefficient (Wildman–Crippen LogP) is 6.19. The number of hydrogen-bond acceptors (Lipinski definition) is 5. The highest BCUT2D eigenvalue weighted by molar-refractivity contribution is 8.18. The third kappa shape index (κ3) is 5.70. The number of aliphatic imine (C=N–C) groups is 1. The maximum atomic E-state index is 13.1. The van der Waals surface area contributed by atoms with Crippen molar-refractivity contribution in [3.8, 4) is 11.5 Å². The van der Waals surface area contributed by atoms with Crippen LogP contribution in [-0.2, 0) is 4.79 Å². The van der Waals surface area contributed by atoms with Gasteiger partial charge < -0.3 is 9.47 Å². The maximum Gasteiger partial charge on any atom is 0.266 e. The smallest absolute Gasteiger partial charge is 0.266 e. The molecule has 1 amide bonds. The Hall–Kier alpha value is -2.73. The predicted molar refractivity (Wildman–Crippen MR) is 129 cm³/mol. The van der Waals surface area contributed by atoms with Crippen molar-refractivity contribution < 1.29 is 14.3 Å². The van der Waals surface area contributed by atoms with Gasteiger partial charge in [0.15, 0.2) is 16.7 Å². The molecule has 1 saturated heterocycles. The van der Waals surface area contributed by atoms with E-state index in [1.165, 1.54) is 17.3 Å². The maximum absolute atomic E-state index is 13.1. The Kier molecular flexibility index (Phi) is 7.80. The molecule has 1 fully saturated rings. The zero-order valence-electron chi connectivity index (χ0n) is 18.8. The molecule has 31 heavy (non-hydrogen) atoms. The van der Waals surface area contributed by atoms with E-state index in [1.54, 1.807) is 4.90 Å². The van der Waals surface area contributed by atoms with Crippen LogP contribution in [0.25, 0.3) is 6.08 Å². The molecule has 2 aromatic carbocycles. The Balaban J connectivity index is 1.92. The highest BCUT2D eigenvalue weighted by Gasteiger charge is 2.35. The van der Waals surface area contributed by atoms with Crippen LogP contribution < -0.4 is 9.47 Å². The standard InChI is InChI=1S/C25H30N2O3S/c1-6-14-30-21-13-10-19(15-22(21)29-7-2)16-23-24(28)27(17(3)4)25(31-23)26-20-11-8-18(5)9-12-20/h8-13,15-17H,6-7,14H2,1-5H3/b23-16+,26-25?. The second-order valence-electron chi connectivity index (χ2n) is 7.60. The highest BCUT2D eigenvalue weighted by atomic mass is 32.2. The van der Waals surface area contributed by atoms with Crippen molar-refractivity contribution in [3.05, 3.63) is 58.5 Å².